The molecule has 0 saturated heterocycles. The minimum atomic E-state index is -3.91. The number of hydrogen-bond donors (Lipinski definition) is 2. The molecule has 9 nitrogen and oxygen atoms in total. The van der Waals surface area contributed by atoms with Gasteiger partial charge < -0.3 is 19.5 Å². The smallest absolute Gasteiger partial charge is 0.348 e. The van der Waals surface area contributed by atoms with E-state index in [0.717, 1.165) is 10.1 Å². The fraction of sp³-hybridized carbons (Fsp3) is 0.120. The molecule has 1 aromatic heterocycles. The van der Waals surface area contributed by atoms with Crippen LogP contribution in [-0.4, -0.2) is 41.1 Å². The summed E-state index contributed by atoms with van der Waals surface area (Å²) in [5, 5.41) is 3.53. The molecule has 12 heteroatoms. The number of amides is 1. The van der Waals surface area contributed by atoms with Gasteiger partial charge >= 0.3 is 5.97 Å². The number of hydrogen-bond acceptors (Lipinski definition) is 8. The van der Waals surface area contributed by atoms with Gasteiger partial charge in [0.05, 0.1) is 24.1 Å². The Morgan fingerprint density at radius 3 is 2.35 bits per heavy atom. The van der Waals surface area contributed by atoms with Crippen LogP contribution in [0.3, 0.4) is 0 Å². The first kappa shape index (κ1) is 26.3. The lowest BCUT2D eigenvalue weighted by atomic mass is 10.2. The molecule has 0 aliphatic heterocycles. The van der Waals surface area contributed by atoms with Crippen LogP contribution >= 0.6 is 22.9 Å². The van der Waals surface area contributed by atoms with Crippen LogP contribution in [0, 0.1) is 0 Å². The highest BCUT2D eigenvalue weighted by molar-refractivity contribution is 7.92. The number of halogens is 1. The predicted octanol–water partition coefficient (Wildman–Crippen LogP) is 5.17. The Morgan fingerprint density at radius 2 is 1.68 bits per heavy atom. The molecule has 4 rings (SSSR count). The van der Waals surface area contributed by atoms with Gasteiger partial charge in [0, 0.05) is 16.1 Å². The maximum atomic E-state index is 12.7. The molecule has 2 N–H and O–H groups in total. The highest BCUT2D eigenvalue weighted by atomic mass is 35.5. The van der Waals surface area contributed by atoms with Crippen LogP contribution in [0.15, 0.2) is 71.6 Å². The largest absolute Gasteiger partial charge is 0.497 e. The van der Waals surface area contributed by atoms with Crippen LogP contribution in [0.2, 0.25) is 5.02 Å². The van der Waals surface area contributed by atoms with E-state index in [-0.39, 0.29) is 22.3 Å². The molecule has 1 heterocycles. The number of ether oxygens (including phenoxy) is 3. The fourth-order valence-electron chi connectivity index (χ4n) is 3.30. The van der Waals surface area contributed by atoms with E-state index in [1.165, 1.54) is 43.8 Å². The van der Waals surface area contributed by atoms with E-state index in [9.17, 15) is 18.0 Å². The quantitative estimate of drug-likeness (QED) is 0.271. The summed E-state index contributed by atoms with van der Waals surface area (Å²) in [5.41, 5.74) is 0.878. The lowest BCUT2D eigenvalue weighted by molar-refractivity contribution is -0.118. The lowest BCUT2D eigenvalue weighted by Gasteiger charge is -2.12. The predicted molar refractivity (Wildman–Crippen MR) is 143 cm³/mol. The second-order valence-corrected chi connectivity index (χ2v) is 10.8. The molecule has 0 aliphatic carbocycles. The zero-order chi connectivity index (χ0) is 26.6. The third-order valence-corrected chi connectivity index (χ3v) is 7.87. The minimum Gasteiger partial charge on any atom is -0.497 e. The van der Waals surface area contributed by atoms with E-state index in [2.05, 4.69) is 10.0 Å². The summed E-state index contributed by atoms with van der Waals surface area (Å²) in [7, 11) is -1.07. The van der Waals surface area contributed by atoms with Gasteiger partial charge in [0.2, 0.25) is 0 Å². The normalized spacial score (nSPS) is 11.1. The van der Waals surface area contributed by atoms with Gasteiger partial charge in [0.1, 0.15) is 16.4 Å². The second-order valence-electron chi connectivity index (χ2n) is 7.62. The van der Waals surface area contributed by atoms with Gasteiger partial charge in [-0.25, -0.2) is 13.2 Å². The molecule has 37 heavy (non-hydrogen) atoms. The number of esters is 1. The molecule has 192 valence electrons. The molecule has 0 spiro atoms. The molecule has 0 fully saturated rings. The van der Waals surface area contributed by atoms with E-state index in [1.807, 2.05) is 0 Å². The van der Waals surface area contributed by atoms with E-state index in [0.29, 0.717) is 22.0 Å². The van der Waals surface area contributed by atoms with Crippen LogP contribution < -0.4 is 19.5 Å². The van der Waals surface area contributed by atoms with E-state index in [4.69, 9.17) is 25.8 Å². The third kappa shape index (κ3) is 6.31. The standard InChI is InChI=1S/C25H21ClN2O7S2/c1-33-18-6-3-16(4-7-18)28-37(31,32)19-8-9-21(20(26)13-19)35-14-24(29)27-17-5-10-22-15(11-17)12-23(36-22)25(30)34-2/h3-13,28H,14H2,1-2H3,(H,27,29). The lowest BCUT2D eigenvalue weighted by Crippen LogP contribution is -2.20. The van der Waals surface area contributed by atoms with E-state index < -0.39 is 21.9 Å². The van der Waals surface area contributed by atoms with Crippen molar-refractivity contribution < 1.29 is 32.2 Å². The maximum absolute atomic E-state index is 12.7. The highest BCUT2D eigenvalue weighted by Gasteiger charge is 2.17. The molecule has 0 radical (unpaired) electrons. The number of sulfonamides is 1. The van der Waals surface area contributed by atoms with Crippen molar-refractivity contribution in [2.75, 3.05) is 30.9 Å². The third-order valence-electron chi connectivity index (χ3n) is 5.10. The van der Waals surface area contributed by atoms with Crippen molar-refractivity contribution in [2.45, 2.75) is 4.90 Å². The van der Waals surface area contributed by atoms with E-state index >= 15 is 0 Å². The average molecular weight is 561 g/mol. The molecule has 0 saturated carbocycles. The van der Waals surface area contributed by atoms with Crippen LogP contribution in [-0.2, 0) is 19.6 Å². The molecule has 1 amide bonds. The van der Waals surface area contributed by atoms with Crippen molar-refractivity contribution in [1.29, 1.82) is 0 Å². The van der Waals surface area contributed by atoms with Crippen molar-refractivity contribution in [3.8, 4) is 11.5 Å². The summed E-state index contributed by atoms with van der Waals surface area (Å²) in [6.07, 6.45) is 0. The Morgan fingerprint density at radius 1 is 0.946 bits per heavy atom. The summed E-state index contributed by atoms with van der Waals surface area (Å²) in [5.74, 6) is -0.128. The van der Waals surface area contributed by atoms with Crippen LogP contribution in [0.4, 0.5) is 11.4 Å². The minimum absolute atomic E-state index is 0.0282. The van der Waals surface area contributed by atoms with Crippen molar-refractivity contribution in [1.82, 2.24) is 0 Å². The molecule has 3 aromatic carbocycles. The Balaban J connectivity index is 1.37. The summed E-state index contributed by atoms with van der Waals surface area (Å²) in [6, 6.07) is 17.3. The van der Waals surface area contributed by atoms with Gasteiger partial charge in [-0.15, -0.1) is 11.3 Å². The van der Waals surface area contributed by atoms with Crippen molar-refractivity contribution in [3.05, 3.63) is 76.6 Å². The zero-order valence-corrected chi connectivity index (χ0v) is 22.0. The number of benzene rings is 3. The Kier molecular flexibility index (Phi) is 7.86. The van der Waals surface area contributed by atoms with Crippen LogP contribution in [0.25, 0.3) is 10.1 Å². The van der Waals surface area contributed by atoms with Gasteiger partial charge in [-0.2, -0.15) is 0 Å². The number of carbonyl (C=O) groups excluding carboxylic acids is 2. The van der Waals surface area contributed by atoms with Gasteiger partial charge in [0.25, 0.3) is 15.9 Å². The average Bonchev–Trinajstić information content (AvgIpc) is 3.31. The number of anilines is 2. The molecular formula is C25H21ClN2O7S2. The summed E-state index contributed by atoms with van der Waals surface area (Å²) in [6.45, 7) is -0.356. The molecule has 0 aliphatic rings. The van der Waals surface area contributed by atoms with Crippen molar-refractivity contribution >= 4 is 66.3 Å². The first-order chi connectivity index (χ1) is 17.7. The number of thiophene rings is 1. The van der Waals surface area contributed by atoms with Gasteiger partial charge in [0.15, 0.2) is 6.61 Å². The molecule has 0 unspecified atom stereocenters. The number of carbonyl (C=O) groups is 2. The molecule has 0 atom stereocenters. The number of fused-ring (bicyclic) bond motifs is 1. The topological polar surface area (TPSA) is 120 Å². The summed E-state index contributed by atoms with van der Waals surface area (Å²) >= 11 is 7.52. The number of methoxy groups -OCH3 is 2. The summed E-state index contributed by atoms with van der Waals surface area (Å²) < 4.78 is 44.0. The van der Waals surface area contributed by atoms with Crippen LogP contribution in [0.1, 0.15) is 9.67 Å². The molecule has 4 aromatic rings. The summed E-state index contributed by atoms with van der Waals surface area (Å²) in [4.78, 5) is 24.5. The van der Waals surface area contributed by atoms with Crippen LogP contribution in [0.5, 0.6) is 11.5 Å². The fourth-order valence-corrected chi connectivity index (χ4v) is 5.65. The van der Waals surface area contributed by atoms with Crippen molar-refractivity contribution in [3.63, 3.8) is 0 Å². The van der Waals surface area contributed by atoms with Gasteiger partial charge in [-0.3, -0.25) is 9.52 Å². The number of nitrogens with one attached hydrogen (secondary N) is 2. The molecular weight excluding hydrogens is 540 g/mol. The second kappa shape index (κ2) is 11.1. The monoisotopic (exact) mass is 560 g/mol. The van der Waals surface area contributed by atoms with Gasteiger partial charge in [-0.1, -0.05) is 11.6 Å². The zero-order valence-electron chi connectivity index (χ0n) is 19.6. The first-order valence-electron chi connectivity index (χ1n) is 10.7. The molecule has 0 bridgehead atoms. The van der Waals surface area contributed by atoms with Gasteiger partial charge in [-0.05, 0) is 72.1 Å². The number of rotatable bonds is 9. The van der Waals surface area contributed by atoms with Crippen molar-refractivity contribution in [2.24, 2.45) is 0 Å². The Hall–Kier alpha value is -3.80. The first-order valence-corrected chi connectivity index (χ1v) is 13.4. The van der Waals surface area contributed by atoms with E-state index in [1.54, 1.807) is 48.5 Å². The highest BCUT2D eigenvalue weighted by Crippen LogP contribution is 2.30. The Bertz CT molecular complexity index is 1570. The Labute approximate surface area is 222 Å². The maximum Gasteiger partial charge on any atom is 0.348 e. The SMILES string of the molecule is COC(=O)c1cc2cc(NC(=O)COc3ccc(S(=O)(=O)Nc4ccc(OC)cc4)cc3Cl)ccc2s1.